The van der Waals surface area contributed by atoms with E-state index in [0.717, 1.165) is 0 Å². The van der Waals surface area contributed by atoms with E-state index in [-0.39, 0.29) is 17.8 Å². The molecule has 0 radical (unpaired) electrons. The van der Waals surface area contributed by atoms with E-state index in [1.807, 2.05) is 0 Å². The second-order valence-corrected chi connectivity index (χ2v) is 6.65. The Balaban J connectivity index is 1.97. The van der Waals surface area contributed by atoms with Crippen molar-refractivity contribution >= 4 is 23.9 Å². The highest BCUT2D eigenvalue weighted by atomic mass is 16.6. The average molecular weight is 376 g/mol. The van der Waals surface area contributed by atoms with Crippen molar-refractivity contribution in [1.29, 1.82) is 0 Å². The minimum Gasteiger partial charge on any atom is -0.461 e. The summed E-state index contributed by atoms with van der Waals surface area (Å²) in [6.45, 7) is 6.32. The molecule has 2 heterocycles. The third-order valence-electron chi connectivity index (χ3n) is 4.68. The van der Waals surface area contributed by atoms with E-state index in [4.69, 9.17) is 18.9 Å². The molecule has 4 unspecified atom stereocenters. The maximum atomic E-state index is 12.3. The van der Waals surface area contributed by atoms with E-state index in [2.05, 4.69) is 6.58 Å². The third kappa shape index (κ3) is 3.94. The van der Waals surface area contributed by atoms with Gasteiger partial charge in [-0.15, -0.1) is 0 Å². The van der Waals surface area contributed by atoms with Gasteiger partial charge in [-0.2, -0.15) is 0 Å². The van der Waals surface area contributed by atoms with Crippen LogP contribution in [0.2, 0.25) is 0 Å². The highest BCUT2D eigenvalue weighted by Gasteiger charge is 2.47. The predicted octanol–water partition coefficient (Wildman–Crippen LogP) is 1.15. The molecule has 0 amide bonds. The summed E-state index contributed by atoms with van der Waals surface area (Å²) in [6.07, 6.45) is 1.71. The molecule has 3 rings (SSSR count). The van der Waals surface area contributed by atoms with Crippen molar-refractivity contribution in [2.45, 2.75) is 45.0 Å². The summed E-state index contributed by atoms with van der Waals surface area (Å²) in [6, 6.07) is 0. The maximum absolute atomic E-state index is 12.3. The highest BCUT2D eigenvalue weighted by Crippen LogP contribution is 2.38. The van der Waals surface area contributed by atoms with Gasteiger partial charge < -0.3 is 18.9 Å². The number of rotatable bonds is 3. The lowest BCUT2D eigenvalue weighted by atomic mass is 9.87. The molecule has 1 fully saturated rings. The Bertz CT molecular complexity index is 775. The van der Waals surface area contributed by atoms with Crippen LogP contribution in [0.1, 0.15) is 26.7 Å². The summed E-state index contributed by atoms with van der Waals surface area (Å²) >= 11 is 0. The van der Waals surface area contributed by atoms with Gasteiger partial charge in [0.15, 0.2) is 0 Å². The van der Waals surface area contributed by atoms with Gasteiger partial charge in [-0.25, -0.2) is 9.59 Å². The highest BCUT2D eigenvalue weighted by molar-refractivity contribution is 5.94. The van der Waals surface area contributed by atoms with Crippen LogP contribution in [0, 0.1) is 5.92 Å². The molecule has 27 heavy (non-hydrogen) atoms. The Morgan fingerprint density at radius 2 is 1.78 bits per heavy atom. The van der Waals surface area contributed by atoms with Crippen molar-refractivity contribution in [2.24, 2.45) is 5.92 Å². The van der Waals surface area contributed by atoms with Crippen LogP contribution in [0.4, 0.5) is 0 Å². The van der Waals surface area contributed by atoms with Crippen LogP contribution in [-0.2, 0) is 38.1 Å². The average Bonchev–Trinajstić information content (AvgIpc) is 3.07. The standard InChI is InChI=1S/C19H20O8/c1-9-17-15(26-18(9)22)6-12(8-24-10(2)20)4-5-14(25-11(3)21)13-7-16(17)27-19(13)23/h6-7,14-17H,1,4-5,8H2,2-3H3/b12-6+. The van der Waals surface area contributed by atoms with Crippen molar-refractivity contribution < 1.29 is 38.1 Å². The second-order valence-electron chi connectivity index (χ2n) is 6.65. The molecule has 0 aromatic rings. The maximum Gasteiger partial charge on any atom is 0.338 e. The Hall–Kier alpha value is -2.90. The van der Waals surface area contributed by atoms with Crippen LogP contribution < -0.4 is 0 Å². The number of ether oxygens (including phenoxy) is 4. The SMILES string of the molecule is C=C1C(=O)OC2/C=C(/COC(C)=O)CCC(OC(C)=O)C3=CC(OC3=O)C12. The van der Waals surface area contributed by atoms with E-state index in [1.165, 1.54) is 13.8 Å². The van der Waals surface area contributed by atoms with Crippen molar-refractivity contribution in [1.82, 2.24) is 0 Å². The molecule has 8 nitrogen and oxygen atoms in total. The number of hydrogen-bond acceptors (Lipinski definition) is 8. The van der Waals surface area contributed by atoms with Crippen LogP contribution in [0.15, 0.2) is 35.5 Å². The summed E-state index contributed by atoms with van der Waals surface area (Å²) in [7, 11) is 0. The molecule has 1 saturated heterocycles. The molecule has 1 aliphatic carbocycles. The van der Waals surface area contributed by atoms with Crippen molar-refractivity contribution in [3.05, 3.63) is 35.5 Å². The van der Waals surface area contributed by atoms with Gasteiger partial charge in [0, 0.05) is 19.4 Å². The summed E-state index contributed by atoms with van der Waals surface area (Å²) in [5.74, 6) is -2.73. The van der Waals surface area contributed by atoms with Gasteiger partial charge in [-0.1, -0.05) is 6.58 Å². The minimum atomic E-state index is -0.788. The zero-order chi connectivity index (χ0) is 19.7. The van der Waals surface area contributed by atoms with Crippen LogP contribution in [0.3, 0.4) is 0 Å². The zero-order valence-corrected chi connectivity index (χ0v) is 15.1. The summed E-state index contributed by atoms with van der Waals surface area (Å²) < 4.78 is 21.1. The first-order valence-corrected chi connectivity index (χ1v) is 8.59. The lowest BCUT2D eigenvalue weighted by Crippen LogP contribution is -2.28. The van der Waals surface area contributed by atoms with E-state index in [9.17, 15) is 19.2 Å². The molecular weight excluding hydrogens is 356 g/mol. The summed E-state index contributed by atoms with van der Waals surface area (Å²) in [4.78, 5) is 47.0. The summed E-state index contributed by atoms with van der Waals surface area (Å²) in [5.41, 5.74) is 1.12. The van der Waals surface area contributed by atoms with E-state index >= 15 is 0 Å². The van der Waals surface area contributed by atoms with Gasteiger partial charge in [0.25, 0.3) is 0 Å². The normalized spacial score (nSPS) is 31.7. The second kappa shape index (κ2) is 7.38. The fourth-order valence-corrected chi connectivity index (χ4v) is 3.44. The molecule has 2 aliphatic heterocycles. The van der Waals surface area contributed by atoms with Gasteiger partial charge in [0.2, 0.25) is 0 Å². The molecule has 0 aromatic heterocycles. The largest absolute Gasteiger partial charge is 0.461 e. The molecule has 144 valence electrons. The monoisotopic (exact) mass is 376 g/mol. The molecule has 3 aliphatic rings. The van der Waals surface area contributed by atoms with Crippen LogP contribution in [0.25, 0.3) is 0 Å². The van der Waals surface area contributed by atoms with E-state index in [0.29, 0.717) is 18.4 Å². The predicted molar refractivity (Wildman–Crippen MR) is 90.0 cm³/mol. The van der Waals surface area contributed by atoms with Crippen molar-refractivity contribution in [3.8, 4) is 0 Å². The topological polar surface area (TPSA) is 105 Å². The lowest BCUT2D eigenvalue weighted by Gasteiger charge is -2.21. The Morgan fingerprint density at radius 1 is 1.11 bits per heavy atom. The Labute approximate surface area is 155 Å². The first-order chi connectivity index (χ1) is 12.8. The fraction of sp³-hybridized carbons (Fsp3) is 0.474. The van der Waals surface area contributed by atoms with E-state index < -0.39 is 48.1 Å². The fourth-order valence-electron chi connectivity index (χ4n) is 3.44. The molecular formula is C19H20O8. The number of esters is 4. The number of fused-ring (bicyclic) bond motifs is 3. The van der Waals surface area contributed by atoms with Gasteiger partial charge in [-0.3, -0.25) is 9.59 Å². The zero-order valence-electron chi connectivity index (χ0n) is 15.1. The number of carbonyl (C=O) groups is 4. The van der Waals surface area contributed by atoms with Gasteiger partial charge in [-0.05, 0) is 30.6 Å². The minimum absolute atomic E-state index is 0.00783. The summed E-state index contributed by atoms with van der Waals surface area (Å²) in [5, 5.41) is 0. The Morgan fingerprint density at radius 3 is 2.44 bits per heavy atom. The van der Waals surface area contributed by atoms with Crippen LogP contribution in [0.5, 0.6) is 0 Å². The van der Waals surface area contributed by atoms with Crippen LogP contribution in [-0.4, -0.2) is 48.8 Å². The van der Waals surface area contributed by atoms with Gasteiger partial charge >= 0.3 is 23.9 Å². The van der Waals surface area contributed by atoms with E-state index in [1.54, 1.807) is 12.2 Å². The Kier molecular flexibility index (Phi) is 5.16. The molecule has 0 saturated carbocycles. The first-order valence-electron chi connectivity index (χ1n) is 8.59. The molecule has 0 spiro atoms. The molecule has 2 bridgehead atoms. The third-order valence-corrected chi connectivity index (χ3v) is 4.68. The lowest BCUT2D eigenvalue weighted by molar-refractivity contribution is -0.148. The van der Waals surface area contributed by atoms with Crippen molar-refractivity contribution in [3.63, 3.8) is 0 Å². The molecule has 8 heteroatoms. The van der Waals surface area contributed by atoms with Crippen molar-refractivity contribution in [2.75, 3.05) is 6.61 Å². The van der Waals surface area contributed by atoms with Crippen LogP contribution >= 0.6 is 0 Å². The molecule has 4 atom stereocenters. The smallest absolute Gasteiger partial charge is 0.338 e. The van der Waals surface area contributed by atoms with Gasteiger partial charge in [0.05, 0.1) is 11.5 Å². The quantitative estimate of drug-likeness (QED) is 0.313. The molecule has 0 aromatic carbocycles. The van der Waals surface area contributed by atoms with Gasteiger partial charge in [0.1, 0.15) is 24.9 Å². The molecule has 0 N–H and O–H groups in total. The number of carbonyl (C=O) groups excluding carboxylic acids is 4. The number of hydrogen-bond donors (Lipinski definition) is 0. The first kappa shape index (κ1) is 18.9.